The maximum absolute atomic E-state index is 11.1. The highest BCUT2D eigenvalue weighted by atomic mass is 32.2. The smallest absolute Gasteiger partial charge is 0.316 e. The van der Waals surface area contributed by atoms with Gasteiger partial charge in [-0.3, -0.25) is 4.79 Å². The predicted octanol–water partition coefficient (Wildman–Crippen LogP) is 5.77. The number of nitriles is 1. The lowest BCUT2D eigenvalue weighted by atomic mass is 9.81. The Balaban J connectivity index is 2.13. The first-order valence-corrected chi connectivity index (χ1v) is 10.8. The fraction of sp³-hybridized carbons (Fsp3) is 0.842. The highest BCUT2D eigenvalue weighted by Gasteiger charge is 2.45. The van der Waals surface area contributed by atoms with Crippen molar-refractivity contribution in [1.29, 1.82) is 5.26 Å². The number of hydrogen-bond donors (Lipinski definition) is 1. The SMILES string of the molecule is CCCCCCCCCCCCC(=S)C1(C#N)CSC(C(=O)O)C1. The van der Waals surface area contributed by atoms with Gasteiger partial charge in [0.15, 0.2) is 0 Å². The fourth-order valence-electron chi connectivity index (χ4n) is 3.18. The van der Waals surface area contributed by atoms with E-state index in [0.717, 1.165) is 24.1 Å². The summed E-state index contributed by atoms with van der Waals surface area (Å²) < 4.78 is 0. The highest BCUT2D eigenvalue weighted by molar-refractivity contribution is 8.01. The van der Waals surface area contributed by atoms with Crippen molar-refractivity contribution >= 4 is 34.8 Å². The molecular weight excluding hydrogens is 338 g/mol. The van der Waals surface area contributed by atoms with Crippen molar-refractivity contribution in [2.45, 2.75) is 89.2 Å². The molecule has 1 fully saturated rings. The molecule has 0 aromatic rings. The van der Waals surface area contributed by atoms with Crippen molar-refractivity contribution in [2.24, 2.45) is 5.41 Å². The summed E-state index contributed by atoms with van der Waals surface area (Å²) in [7, 11) is 0. The molecular formula is C19H31NO2S2. The van der Waals surface area contributed by atoms with Crippen LogP contribution in [0.5, 0.6) is 0 Å². The van der Waals surface area contributed by atoms with Crippen LogP contribution in [0.1, 0.15) is 84.0 Å². The maximum Gasteiger partial charge on any atom is 0.316 e. The van der Waals surface area contributed by atoms with Gasteiger partial charge >= 0.3 is 5.97 Å². The van der Waals surface area contributed by atoms with Gasteiger partial charge in [0.05, 0.1) is 11.5 Å². The molecule has 1 aliphatic rings. The van der Waals surface area contributed by atoms with Crippen LogP contribution in [0, 0.1) is 16.7 Å². The molecule has 1 N–H and O–H groups in total. The summed E-state index contributed by atoms with van der Waals surface area (Å²) in [5.41, 5.74) is -0.692. The number of aliphatic carboxylic acids is 1. The van der Waals surface area contributed by atoms with Gasteiger partial charge in [-0.2, -0.15) is 5.26 Å². The van der Waals surface area contributed by atoms with E-state index in [1.807, 2.05) is 0 Å². The second kappa shape index (κ2) is 11.9. The van der Waals surface area contributed by atoms with E-state index in [0.29, 0.717) is 12.2 Å². The van der Waals surface area contributed by atoms with Crippen molar-refractivity contribution in [1.82, 2.24) is 0 Å². The van der Waals surface area contributed by atoms with Gasteiger partial charge < -0.3 is 5.11 Å². The van der Waals surface area contributed by atoms with Crippen LogP contribution in [0.4, 0.5) is 0 Å². The number of nitrogens with zero attached hydrogens (tertiary/aromatic N) is 1. The third-order valence-electron chi connectivity index (χ3n) is 4.85. The first-order chi connectivity index (χ1) is 11.6. The molecule has 0 aromatic carbocycles. The molecule has 136 valence electrons. The highest BCUT2D eigenvalue weighted by Crippen LogP contribution is 2.43. The molecule has 24 heavy (non-hydrogen) atoms. The van der Waals surface area contributed by atoms with Gasteiger partial charge in [0, 0.05) is 10.6 Å². The van der Waals surface area contributed by atoms with Crippen LogP contribution >= 0.6 is 24.0 Å². The normalized spacial score (nSPS) is 23.1. The average molecular weight is 370 g/mol. The van der Waals surface area contributed by atoms with Crippen molar-refractivity contribution < 1.29 is 9.90 Å². The van der Waals surface area contributed by atoms with E-state index in [1.54, 1.807) is 0 Å². The molecule has 2 unspecified atom stereocenters. The second-order valence-corrected chi connectivity index (χ2v) is 8.57. The predicted molar refractivity (Wildman–Crippen MR) is 106 cm³/mol. The molecule has 3 nitrogen and oxygen atoms in total. The summed E-state index contributed by atoms with van der Waals surface area (Å²) in [5.74, 6) is -0.282. The number of hydrogen-bond acceptors (Lipinski definition) is 4. The van der Waals surface area contributed by atoms with Gasteiger partial charge in [-0.15, -0.1) is 11.8 Å². The van der Waals surface area contributed by atoms with Crippen LogP contribution in [-0.2, 0) is 4.79 Å². The van der Waals surface area contributed by atoms with E-state index < -0.39 is 16.6 Å². The molecule has 0 aliphatic carbocycles. The topological polar surface area (TPSA) is 61.1 Å². The third kappa shape index (κ3) is 7.11. The average Bonchev–Trinajstić information content (AvgIpc) is 3.02. The summed E-state index contributed by atoms with van der Waals surface area (Å²) in [6.07, 6.45) is 14.0. The standard InChI is InChI=1S/C19H31NO2S2/c1-2-3-4-5-6-7-8-9-10-11-12-17(23)19(14-20)13-16(18(21)22)24-15-19/h16H,2-13,15H2,1H3,(H,21,22). The molecule has 0 bridgehead atoms. The Morgan fingerprint density at radius 2 is 1.71 bits per heavy atom. The Bertz CT molecular complexity index is 447. The number of unbranched alkanes of at least 4 members (excludes halogenated alkanes) is 9. The minimum atomic E-state index is -0.820. The Morgan fingerprint density at radius 1 is 1.17 bits per heavy atom. The number of carboxylic acids is 1. The zero-order chi connectivity index (χ0) is 17.8. The van der Waals surface area contributed by atoms with Crippen LogP contribution in [0.15, 0.2) is 0 Å². The van der Waals surface area contributed by atoms with E-state index in [4.69, 9.17) is 17.3 Å². The van der Waals surface area contributed by atoms with Crippen molar-refractivity contribution in [3.05, 3.63) is 0 Å². The minimum Gasteiger partial charge on any atom is -0.480 e. The molecule has 1 aliphatic heterocycles. The molecule has 0 radical (unpaired) electrons. The van der Waals surface area contributed by atoms with E-state index in [-0.39, 0.29) is 0 Å². The van der Waals surface area contributed by atoms with Crippen LogP contribution in [0.2, 0.25) is 0 Å². The Morgan fingerprint density at radius 3 is 2.17 bits per heavy atom. The largest absolute Gasteiger partial charge is 0.480 e. The third-order valence-corrected chi connectivity index (χ3v) is 6.87. The van der Waals surface area contributed by atoms with Crippen molar-refractivity contribution in [2.75, 3.05) is 5.75 Å². The Kier molecular flexibility index (Phi) is 10.6. The monoisotopic (exact) mass is 369 g/mol. The number of thiocarbonyl (C=S) groups is 1. The van der Waals surface area contributed by atoms with Gasteiger partial charge in [0.1, 0.15) is 5.25 Å². The number of carbonyl (C=O) groups is 1. The van der Waals surface area contributed by atoms with Crippen LogP contribution in [0.3, 0.4) is 0 Å². The summed E-state index contributed by atoms with van der Waals surface area (Å²) in [5, 5.41) is 18.1. The summed E-state index contributed by atoms with van der Waals surface area (Å²) in [4.78, 5) is 11.9. The fourth-order valence-corrected chi connectivity index (χ4v) is 5.01. The van der Waals surface area contributed by atoms with E-state index in [1.165, 1.54) is 63.1 Å². The number of carboxylic acid groups (broad SMARTS) is 1. The lowest BCUT2D eigenvalue weighted by Crippen LogP contribution is -2.29. The van der Waals surface area contributed by atoms with Crippen LogP contribution < -0.4 is 0 Å². The van der Waals surface area contributed by atoms with Crippen molar-refractivity contribution in [3.63, 3.8) is 0 Å². The number of thioether (sulfide) groups is 1. The van der Waals surface area contributed by atoms with Gasteiger partial charge in [-0.05, 0) is 19.3 Å². The maximum atomic E-state index is 11.1. The molecule has 1 saturated heterocycles. The minimum absolute atomic E-state index is 0.375. The summed E-state index contributed by atoms with van der Waals surface area (Å²) >= 11 is 6.86. The van der Waals surface area contributed by atoms with E-state index in [9.17, 15) is 10.1 Å². The molecule has 0 aromatic heterocycles. The first kappa shape index (κ1) is 21.4. The van der Waals surface area contributed by atoms with E-state index >= 15 is 0 Å². The summed E-state index contributed by atoms with van der Waals surface area (Å²) in [6, 6.07) is 2.32. The molecule has 0 spiro atoms. The van der Waals surface area contributed by atoms with Gasteiger partial charge in [-0.25, -0.2) is 0 Å². The zero-order valence-electron chi connectivity index (χ0n) is 14.9. The number of rotatable bonds is 13. The second-order valence-electron chi connectivity index (χ2n) is 6.89. The lowest BCUT2D eigenvalue weighted by Gasteiger charge is -2.21. The molecule has 5 heteroatoms. The van der Waals surface area contributed by atoms with E-state index in [2.05, 4.69) is 13.0 Å². The van der Waals surface area contributed by atoms with Crippen molar-refractivity contribution in [3.8, 4) is 6.07 Å². The van der Waals surface area contributed by atoms with Gasteiger partial charge in [0.25, 0.3) is 0 Å². The summed E-state index contributed by atoms with van der Waals surface area (Å²) in [6.45, 7) is 2.24. The Labute approximate surface area is 156 Å². The van der Waals surface area contributed by atoms with Gasteiger partial charge in [-0.1, -0.05) is 76.9 Å². The van der Waals surface area contributed by atoms with Gasteiger partial charge in [0.2, 0.25) is 0 Å². The lowest BCUT2D eigenvalue weighted by molar-refractivity contribution is -0.136. The molecule has 1 heterocycles. The molecule has 2 atom stereocenters. The molecule has 1 rings (SSSR count). The first-order valence-electron chi connectivity index (χ1n) is 9.34. The Hall–Kier alpha value is -0.600. The molecule has 0 amide bonds. The molecule has 0 saturated carbocycles. The van der Waals surface area contributed by atoms with Crippen LogP contribution in [0.25, 0.3) is 0 Å². The van der Waals surface area contributed by atoms with Crippen LogP contribution in [-0.4, -0.2) is 26.9 Å². The quantitative estimate of drug-likeness (QED) is 0.330. The zero-order valence-corrected chi connectivity index (χ0v) is 16.5.